The summed E-state index contributed by atoms with van der Waals surface area (Å²) >= 11 is 0. The number of benzene rings is 3. The number of carbonyl (C=O) groups is 1. The lowest BCUT2D eigenvalue weighted by molar-refractivity contribution is 0.102. The van der Waals surface area contributed by atoms with Crippen molar-refractivity contribution in [2.24, 2.45) is 0 Å². The van der Waals surface area contributed by atoms with Crippen molar-refractivity contribution in [3.8, 4) is 5.75 Å². The average Bonchev–Trinajstić information content (AvgIpc) is 3.19. The summed E-state index contributed by atoms with van der Waals surface area (Å²) in [5.41, 5.74) is 2.46. The predicted octanol–water partition coefficient (Wildman–Crippen LogP) is 4.57. The van der Waals surface area contributed by atoms with Gasteiger partial charge in [-0.05, 0) is 73.7 Å². The van der Waals surface area contributed by atoms with Crippen molar-refractivity contribution in [1.82, 2.24) is 4.31 Å². The molecule has 1 amide bonds. The maximum atomic E-state index is 13.6. The van der Waals surface area contributed by atoms with E-state index in [1.165, 1.54) is 40.0 Å². The van der Waals surface area contributed by atoms with Crippen LogP contribution < -0.4 is 14.4 Å². The van der Waals surface area contributed by atoms with E-state index in [1.54, 1.807) is 31.2 Å². The number of hydrogen-bond donors (Lipinski definition) is 1. The molecule has 0 unspecified atom stereocenters. The fraction of sp³-hybridized carbons (Fsp3) is 0.345. The van der Waals surface area contributed by atoms with Crippen LogP contribution in [-0.4, -0.2) is 53.8 Å². The molecule has 11 heteroatoms. The smallest absolute Gasteiger partial charge is 0.264 e. The molecule has 0 saturated carbocycles. The van der Waals surface area contributed by atoms with Crippen LogP contribution in [0.3, 0.4) is 0 Å². The Morgan fingerprint density at radius 2 is 1.57 bits per heavy atom. The molecule has 2 heterocycles. The van der Waals surface area contributed by atoms with E-state index in [2.05, 4.69) is 5.32 Å². The number of nitrogens with zero attached hydrogens (tertiary/aromatic N) is 2. The van der Waals surface area contributed by atoms with E-state index in [4.69, 9.17) is 4.74 Å². The molecule has 5 rings (SSSR count). The molecule has 3 aromatic carbocycles. The van der Waals surface area contributed by atoms with Crippen LogP contribution in [-0.2, 0) is 26.5 Å². The molecule has 2 aliphatic rings. The molecular formula is C29H33N3O6S2. The molecule has 0 aromatic heterocycles. The molecule has 0 aliphatic carbocycles. The summed E-state index contributed by atoms with van der Waals surface area (Å²) in [7, 11) is -6.28. The minimum atomic E-state index is -3.94. The number of ether oxygens (including phenoxy) is 1. The van der Waals surface area contributed by atoms with Gasteiger partial charge in [0.25, 0.3) is 15.9 Å². The molecule has 1 N–H and O–H groups in total. The maximum Gasteiger partial charge on any atom is 0.264 e. The van der Waals surface area contributed by atoms with Crippen molar-refractivity contribution in [1.29, 1.82) is 0 Å². The molecule has 0 bridgehead atoms. The second-order valence-corrected chi connectivity index (χ2v) is 13.8. The second-order valence-electron chi connectivity index (χ2n) is 10.1. The third kappa shape index (κ3) is 5.33. The Balaban J connectivity index is 1.44. The maximum absolute atomic E-state index is 13.6. The zero-order valence-corrected chi connectivity index (χ0v) is 24.2. The van der Waals surface area contributed by atoms with E-state index in [1.807, 2.05) is 12.1 Å². The Morgan fingerprint density at radius 1 is 0.850 bits per heavy atom. The molecule has 9 nitrogen and oxygen atoms in total. The van der Waals surface area contributed by atoms with Gasteiger partial charge < -0.3 is 10.1 Å². The van der Waals surface area contributed by atoms with Crippen LogP contribution in [0.5, 0.6) is 5.75 Å². The lowest BCUT2D eigenvalue weighted by Gasteiger charge is -2.22. The van der Waals surface area contributed by atoms with Crippen molar-refractivity contribution in [2.75, 3.05) is 36.4 Å². The largest absolute Gasteiger partial charge is 0.496 e. The van der Waals surface area contributed by atoms with Crippen LogP contribution in [0, 0.1) is 6.92 Å². The number of nitrogens with one attached hydrogen (secondary N) is 1. The van der Waals surface area contributed by atoms with Crippen molar-refractivity contribution in [2.45, 2.75) is 48.8 Å². The molecule has 0 atom stereocenters. The third-order valence-electron chi connectivity index (χ3n) is 7.48. The summed E-state index contributed by atoms with van der Waals surface area (Å²) in [5.74, 6) is -0.416. The highest BCUT2D eigenvalue weighted by molar-refractivity contribution is 7.92. The van der Waals surface area contributed by atoms with Crippen LogP contribution in [0.25, 0.3) is 0 Å². The van der Waals surface area contributed by atoms with E-state index in [-0.39, 0.29) is 26.8 Å². The van der Waals surface area contributed by atoms with Gasteiger partial charge in [-0.15, -0.1) is 0 Å². The zero-order valence-electron chi connectivity index (χ0n) is 22.6. The van der Waals surface area contributed by atoms with E-state index >= 15 is 0 Å². The number of anilines is 2. The summed E-state index contributed by atoms with van der Waals surface area (Å²) in [6, 6.07) is 16.3. The molecule has 40 heavy (non-hydrogen) atoms. The lowest BCUT2D eigenvalue weighted by Crippen LogP contribution is -2.32. The van der Waals surface area contributed by atoms with Crippen molar-refractivity contribution in [3.05, 3.63) is 77.4 Å². The normalized spacial score (nSPS) is 16.3. The summed E-state index contributed by atoms with van der Waals surface area (Å²) in [5, 5.41) is 2.74. The number of para-hydroxylation sites is 1. The average molecular weight is 584 g/mol. The highest BCUT2D eigenvalue weighted by atomic mass is 32.2. The van der Waals surface area contributed by atoms with Gasteiger partial charge in [-0.1, -0.05) is 37.1 Å². The van der Waals surface area contributed by atoms with Crippen LogP contribution in [0.4, 0.5) is 11.4 Å². The van der Waals surface area contributed by atoms with Crippen LogP contribution in [0.1, 0.15) is 47.2 Å². The number of methoxy groups -OCH3 is 1. The monoisotopic (exact) mass is 583 g/mol. The second kappa shape index (κ2) is 11.2. The van der Waals surface area contributed by atoms with Gasteiger partial charge in [0.05, 0.1) is 28.2 Å². The van der Waals surface area contributed by atoms with Gasteiger partial charge in [0.1, 0.15) is 5.75 Å². The quantitative estimate of drug-likeness (QED) is 0.436. The van der Waals surface area contributed by atoms with Gasteiger partial charge in [0.2, 0.25) is 10.0 Å². The van der Waals surface area contributed by atoms with Crippen molar-refractivity contribution >= 4 is 37.3 Å². The Morgan fingerprint density at radius 3 is 2.30 bits per heavy atom. The van der Waals surface area contributed by atoms with Crippen LogP contribution in [0.15, 0.2) is 70.5 Å². The Kier molecular flexibility index (Phi) is 7.89. The number of sulfonamides is 2. The van der Waals surface area contributed by atoms with Gasteiger partial charge in [0, 0.05) is 25.3 Å². The molecule has 3 aromatic rings. The fourth-order valence-electron chi connectivity index (χ4n) is 5.29. The first-order chi connectivity index (χ1) is 19.1. The van der Waals surface area contributed by atoms with Crippen molar-refractivity contribution in [3.63, 3.8) is 0 Å². The number of hydrogen-bond acceptors (Lipinski definition) is 6. The Hall–Kier alpha value is -3.41. The molecular weight excluding hydrogens is 550 g/mol. The SMILES string of the molecule is COc1ccc(S(=O)(=O)N2CCc3ccccc32)cc1C(=O)Nc1ccc(C)c(S(=O)(=O)N2CCCCCC2)c1. The van der Waals surface area contributed by atoms with E-state index in [0.717, 1.165) is 31.2 Å². The minimum Gasteiger partial charge on any atom is -0.496 e. The number of carbonyl (C=O) groups excluding carboxylic acids is 1. The molecule has 212 valence electrons. The first kappa shape index (κ1) is 28.1. The standard InChI is InChI=1S/C29H33N3O6S2/c1-21-11-12-23(19-28(21)40(36,37)31-16-7-3-4-8-17-31)30-29(33)25-20-24(13-14-27(25)38-2)39(34,35)32-18-15-22-9-5-6-10-26(22)32/h5-6,9-14,19-20H,3-4,7-8,15-18H2,1-2H3,(H,30,33). The van der Waals surface area contributed by atoms with Gasteiger partial charge in [0.15, 0.2) is 0 Å². The first-order valence-corrected chi connectivity index (χ1v) is 16.2. The van der Waals surface area contributed by atoms with E-state index < -0.39 is 26.0 Å². The van der Waals surface area contributed by atoms with Gasteiger partial charge in [-0.2, -0.15) is 4.31 Å². The molecule has 1 saturated heterocycles. The highest BCUT2D eigenvalue weighted by Gasteiger charge is 2.32. The summed E-state index contributed by atoms with van der Waals surface area (Å²) in [6.45, 7) is 2.98. The molecule has 2 aliphatic heterocycles. The van der Waals surface area contributed by atoms with Gasteiger partial charge in [-0.25, -0.2) is 16.8 Å². The van der Waals surface area contributed by atoms with Crippen molar-refractivity contribution < 1.29 is 26.4 Å². The summed E-state index contributed by atoms with van der Waals surface area (Å²) in [6.07, 6.45) is 4.24. The minimum absolute atomic E-state index is 0.0218. The molecule has 1 fully saturated rings. The first-order valence-electron chi connectivity index (χ1n) is 13.3. The zero-order chi connectivity index (χ0) is 28.5. The summed E-state index contributed by atoms with van der Waals surface area (Å²) in [4.78, 5) is 13.5. The molecule has 0 spiro atoms. The summed E-state index contributed by atoms with van der Waals surface area (Å²) < 4.78 is 62.3. The Bertz CT molecular complexity index is 1650. The molecule has 0 radical (unpaired) electrons. The van der Waals surface area contributed by atoms with Crippen LogP contribution in [0.2, 0.25) is 0 Å². The number of aryl methyl sites for hydroxylation is 1. The lowest BCUT2D eigenvalue weighted by atomic mass is 10.1. The number of rotatable bonds is 7. The Labute approximate surface area is 235 Å². The van der Waals surface area contributed by atoms with Crippen LogP contribution >= 0.6 is 0 Å². The third-order valence-corrected chi connectivity index (χ3v) is 11.3. The van der Waals surface area contributed by atoms with E-state index in [0.29, 0.717) is 37.3 Å². The highest BCUT2D eigenvalue weighted by Crippen LogP contribution is 2.34. The van der Waals surface area contributed by atoms with Gasteiger partial charge >= 0.3 is 0 Å². The van der Waals surface area contributed by atoms with Gasteiger partial charge in [-0.3, -0.25) is 9.10 Å². The van der Waals surface area contributed by atoms with E-state index in [9.17, 15) is 21.6 Å². The number of amides is 1. The number of fused-ring (bicyclic) bond motifs is 1. The topological polar surface area (TPSA) is 113 Å². The fourth-order valence-corrected chi connectivity index (χ4v) is 8.58. The predicted molar refractivity (Wildman–Crippen MR) is 154 cm³/mol.